The smallest absolute Gasteiger partial charge is 0.0535 e. The summed E-state index contributed by atoms with van der Waals surface area (Å²) in [6, 6.07) is 10.9. The molecule has 2 nitrogen and oxygen atoms in total. The minimum atomic E-state index is 0.114. The molecule has 0 radical (unpaired) electrons. The Kier molecular flexibility index (Phi) is 3.40. The second kappa shape index (κ2) is 4.92. The fraction of sp³-hybridized carbons (Fsp3) is 0.647. The van der Waals surface area contributed by atoms with E-state index >= 15 is 0 Å². The quantitative estimate of drug-likeness (QED) is 0.893. The van der Waals surface area contributed by atoms with Gasteiger partial charge in [0.25, 0.3) is 0 Å². The van der Waals surface area contributed by atoms with E-state index in [1.807, 2.05) is 0 Å². The molecule has 1 heterocycles. The van der Waals surface area contributed by atoms with Crippen LogP contribution in [-0.2, 0) is 5.54 Å². The number of nitrogens with zero attached hydrogens (tertiary/aromatic N) is 1. The monoisotopic (exact) mass is 258 g/mol. The summed E-state index contributed by atoms with van der Waals surface area (Å²) >= 11 is 0. The summed E-state index contributed by atoms with van der Waals surface area (Å²) in [5.74, 6) is 0. The van der Waals surface area contributed by atoms with E-state index in [9.17, 15) is 0 Å². The molecule has 104 valence electrons. The summed E-state index contributed by atoms with van der Waals surface area (Å²) in [5, 5.41) is 3.72. The predicted octanol–water partition coefficient (Wildman–Crippen LogP) is 3.00. The summed E-state index contributed by atoms with van der Waals surface area (Å²) < 4.78 is 0. The third-order valence-corrected chi connectivity index (χ3v) is 5.16. The van der Waals surface area contributed by atoms with E-state index in [2.05, 4.69) is 54.4 Å². The Balaban J connectivity index is 1.71. The molecule has 1 saturated heterocycles. The Bertz CT molecular complexity index is 424. The lowest BCUT2D eigenvalue weighted by Gasteiger charge is -2.43. The summed E-state index contributed by atoms with van der Waals surface area (Å²) in [5.41, 5.74) is 2.19. The first-order chi connectivity index (χ1) is 9.16. The van der Waals surface area contributed by atoms with E-state index in [-0.39, 0.29) is 5.54 Å². The molecular weight excluding hydrogens is 232 g/mol. The van der Waals surface area contributed by atoms with Gasteiger partial charge in [-0.25, -0.2) is 0 Å². The van der Waals surface area contributed by atoms with Crippen LogP contribution in [0.1, 0.15) is 38.7 Å². The summed E-state index contributed by atoms with van der Waals surface area (Å²) in [6.07, 6.45) is 4.23. The van der Waals surface area contributed by atoms with Crippen LogP contribution in [0.3, 0.4) is 0 Å². The van der Waals surface area contributed by atoms with Gasteiger partial charge >= 0.3 is 0 Å². The van der Waals surface area contributed by atoms with Gasteiger partial charge in [0.2, 0.25) is 0 Å². The third kappa shape index (κ3) is 2.70. The number of piperazine rings is 1. The summed E-state index contributed by atoms with van der Waals surface area (Å²) in [7, 11) is 0. The highest BCUT2D eigenvalue weighted by Crippen LogP contribution is 2.49. The molecule has 2 aliphatic rings. The van der Waals surface area contributed by atoms with Gasteiger partial charge in [-0.2, -0.15) is 0 Å². The highest BCUT2D eigenvalue weighted by molar-refractivity contribution is 5.25. The lowest BCUT2D eigenvalue weighted by Crippen LogP contribution is -2.57. The SMILES string of the molecule is CCC1(CN2CCNC(C)(c3ccccc3)C2)CC1. The van der Waals surface area contributed by atoms with Gasteiger partial charge in [0.15, 0.2) is 0 Å². The molecular formula is C17H26N2. The zero-order valence-corrected chi connectivity index (χ0v) is 12.3. The van der Waals surface area contributed by atoms with Crippen molar-refractivity contribution in [3.63, 3.8) is 0 Å². The van der Waals surface area contributed by atoms with Crippen molar-refractivity contribution in [2.45, 2.75) is 38.6 Å². The van der Waals surface area contributed by atoms with Crippen molar-refractivity contribution in [2.75, 3.05) is 26.2 Å². The molecule has 1 aliphatic carbocycles. The van der Waals surface area contributed by atoms with Crippen LogP contribution in [-0.4, -0.2) is 31.1 Å². The maximum absolute atomic E-state index is 3.72. The van der Waals surface area contributed by atoms with Crippen LogP contribution in [0.4, 0.5) is 0 Å². The third-order valence-electron chi connectivity index (χ3n) is 5.16. The van der Waals surface area contributed by atoms with E-state index in [1.54, 1.807) is 0 Å². The van der Waals surface area contributed by atoms with Crippen molar-refractivity contribution in [3.8, 4) is 0 Å². The van der Waals surface area contributed by atoms with Gasteiger partial charge in [-0.15, -0.1) is 0 Å². The van der Waals surface area contributed by atoms with Crippen molar-refractivity contribution in [1.82, 2.24) is 10.2 Å². The van der Waals surface area contributed by atoms with Crippen molar-refractivity contribution in [1.29, 1.82) is 0 Å². The Hall–Kier alpha value is -0.860. The van der Waals surface area contributed by atoms with E-state index in [1.165, 1.54) is 37.9 Å². The van der Waals surface area contributed by atoms with Crippen LogP contribution in [0, 0.1) is 5.41 Å². The molecule has 0 aromatic heterocycles. The van der Waals surface area contributed by atoms with Crippen LogP contribution < -0.4 is 5.32 Å². The fourth-order valence-corrected chi connectivity index (χ4v) is 3.48. The number of rotatable bonds is 4. The lowest BCUT2D eigenvalue weighted by atomic mass is 9.89. The van der Waals surface area contributed by atoms with Crippen molar-refractivity contribution in [2.24, 2.45) is 5.41 Å². The molecule has 2 fully saturated rings. The van der Waals surface area contributed by atoms with Gasteiger partial charge in [-0.3, -0.25) is 4.90 Å². The highest BCUT2D eigenvalue weighted by Gasteiger charge is 2.43. The average molecular weight is 258 g/mol. The number of nitrogens with one attached hydrogen (secondary N) is 1. The standard InChI is InChI=1S/C17H26N2/c1-3-17(9-10-17)14-19-12-11-18-16(2,13-19)15-7-5-4-6-8-15/h4-8,18H,3,9-14H2,1-2H3. The maximum atomic E-state index is 3.72. The highest BCUT2D eigenvalue weighted by atomic mass is 15.2. The molecule has 1 aliphatic heterocycles. The van der Waals surface area contributed by atoms with Crippen LogP contribution in [0.5, 0.6) is 0 Å². The predicted molar refractivity (Wildman–Crippen MR) is 80.2 cm³/mol. The number of hydrogen-bond acceptors (Lipinski definition) is 2. The molecule has 1 saturated carbocycles. The number of benzene rings is 1. The normalized spacial score (nSPS) is 30.2. The van der Waals surface area contributed by atoms with Gasteiger partial charge < -0.3 is 5.32 Å². The molecule has 1 atom stereocenters. The van der Waals surface area contributed by atoms with Crippen LogP contribution in [0.25, 0.3) is 0 Å². The van der Waals surface area contributed by atoms with Crippen molar-refractivity contribution < 1.29 is 0 Å². The fourth-order valence-electron chi connectivity index (χ4n) is 3.48. The average Bonchev–Trinajstić information content (AvgIpc) is 3.20. The first-order valence-corrected chi connectivity index (χ1v) is 7.69. The minimum Gasteiger partial charge on any atom is -0.305 e. The molecule has 1 unspecified atom stereocenters. The first-order valence-electron chi connectivity index (χ1n) is 7.69. The zero-order chi connectivity index (χ0) is 13.3. The summed E-state index contributed by atoms with van der Waals surface area (Å²) in [4.78, 5) is 2.68. The van der Waals surface area contributed by atoms with Gasteiger partial charge in [0.05, 0.1) is 5.54 Å². The molecule has 2 heteroatoms. The minimum absolute atomic E-state index is 0.114. The van der Waals surface area contributed by atoms with Crippen molar-refractivity contribution >= 4 is 0 Å². The van der Waals surface area contributed by atoms with Gasteiger partial charge in [0, 0.05) is 26.2 Å². The summed E-state index contributed by atoms with van der Waals surface area (Å²) in [6.45, 7) is 9.44. The second-order valence-electron chi connectivity index (χ2n) is 6.69. The van der Waals surface area contributed by atoms with E-state index < -0.39 is 0 Å². The Labute approximate surface area is 117 Å². The Morgan fingerprint density at radius 3 is 2.58 bits per heavy atom. The Morgan fingerprint density at radius 2 is 1.95 bits per heavy atom. The zero-order valence-electron chi connectivity index (χ0n) is 12.3. The van der Waals surface area contributed by atoms with Gasteiger partial charge in [-0.1, -0.05) is 37.3 Å². The molecule has 3 rings (SSSR count). The molecule has 1 aromatic carbocycles. The molecule has 19 heavy (non-hydrogen) atoms. The van der Waals surface area contributed by atoms with E-state index in [0.29, 0.717) is 5.41 Å². The lowest BCUT2D eigenvalue weighted by molar-refractivity contribution is 0.118. The molecule has 0 bridgehead atoms. The maximum Gasteiger partial charge on any atom is 0.0535 e. The van der Waals surface area contributed by atoms with Crippen molar-refractivity contribution in [3.05, 3.63) is 35.9 Å². The molecule has 0 spiro atoms. The van der Waals surface area contributed by atoms with Gasteiger partial charge in [-0.05, 0) is 37.2 Å². The topological polar surface area (TPSA) is 15.3 Å². The second-order valence-corrected chi connectivity index (χ2v) is 6.69. The molecule has 1 N–H and O–H groups in total. The Morgan fingerprint density at radius 1 is 1.21 bits per heavy atom. The van der Waals surface area contributed by atoms with E-state index in [4.69, 9.17) is 0 Å². The molecule has 0 amide bonds. The van der Waals surface area contributed by atoms with E-state index in [0.717, 1.165) is 13.1 Å². The van der Waals surface area contributed by atoms with Crippen LogP contribution >= 0.6 is 0 Å². The first kappa shape index (κ1) is 13.1. The van der Waals surface area contributed by atoms with Crippen LogP contribution in [0.15, 0.2) is 30.3 Å². The number of hydrogen-bond donors (Lipinski definition) is 1. The van der Waals surface area contributed by atoms with Gasteiger partial charge in [0.1, 0.15) is 0 Å². The molecule has 1 aromatic rings. The van der Waals surface area contributed by atoms with Crippen LogP contribution in [0.2, 0.25) is 0 Å². The largest absolute Gasteiger partial charge is 0.305 e.